The molecule has 0 amide bonds. The van der Waals surface area contributed by atoms with Crippen molar-refractivity contribution in [2.24, 2.45) is 0 Å². The topological polar surface area (TPSA) is 33.2 Å². The van der Waals surface area contributed by atoms with Gasteiger partial charge in [0, 0.05) is 11.6 Å². The molecule has 0 fully saturated rings. The average Bonchev–Trinajstić information content (AvgIpc) is 2.50. The van der Waals surface area contributed by atoms with Crippen molar-refractivity contribution in [1.82, 2.24) is 9.88 Å². The van der Waals surface area contributed by atoms with Crippen LogP contribution in [0.1, 0.15) is 46.2 Å². The summed E-state index contributed by atoms with van der Waals surface area (Å²) in [4.78, 5) is 18.0. The van der Waals surface area contributed by atoms with Crippen LogP contribution in [0.2, 0.25) is 0 Å². The number of Topliss-reactive ketones (excluding diaryl/α,β-unsaturated/α-hetero) is 1. The number of fused-ring (bicyclic) bond motifs is 1. The van der Waals surface area contributed by atoms with Gasteiger partial charge in [-0.05, 0) is 38.7 Å². The fourth-order valence-electron chi connectivity index (χ4n) is 2.13. The molecule has 0 N–H and O–H groups in total. The van der Waals surface area contributed by atoms with Crippen LogP contribution in [0.15, 0.2) is 36.5 Å². The third-order valence-corrected chi connectivity index (χ3v) is 2.83. The first-order valence-corrected chi connectivity index (χ1v) is 7.61. The lowest BCUT2D eigenvalue weighted by Crippen LogP contribution is -2.26. The van der Waals surface area contributed by atoms with Crippen LogP contribution in [-0.4, -0.2) is 29.8 Å². The fraction of sp³-hybridized carbons (Fsp3) is 0.444. The zero-order valence-electron chi connectivity index (χ0n) is 14.3. The minimum absolute atomic E-state index is 0.132. The van der Waals surface area contributed by atoms with Gasteiger partial charge in [0.05, 0.1) is 11.6 Å². The standard InChI is InChI=1S/C14H16N2O.2C2H6/c1-10(17)14(16(2)3)12-8-11-6-4-5-7-13(11)15-9-12;2*1-2/h4-9,14H,1-3H3;2*1-2H3. The Kier molecular flexibility index (Phi) is 9.22. The Morgan fingerprint density at radius 3 is 2.19 bits per heavy atom. The van der Waals surface area contributed by atoms with Crippen molar-refractivity contribution in [2.45, 2.75) is 40.7 Å². The van der Waals surface area contributed by atoms with E-state index in [0.717, 1.165) is 16.5 Å². The van der Waals surface area contributed by atoms with Crippen LogP contribution in [0.25, 0.3) is 10.9 Å². The van der Waals surface area contributed by atoms with Gasteiger partial charge in [-0.25, -0.2) is 0 Å². The molecule has 0 bridgehead atoms. The highest BCUT2D eigenvalue weighted by molar-refractivity contribution is 5.85. The summed E-state index contributed by atoms with van der Waals surface area (Å²) < 4.78 is 0. The third-order valence-electron chi connectivity index (χ3n) is 2.83. The van der Waals surface area contributed by atoms with Gasteiger partial charge in [0.2, 0.25) is 0 Å². The number of likely N-dealkylation sites (N-methyl/N-ethyl adjacent to an activating group) is 1. The number of rotatable bonds is 3. The van der Waals surface area contributed by atoms with Gasteiger partial charge >= 0.3 is 0 Å². The molecule has 2 rings (SSSR count). The van der Waals surface area contributed by atoms with E-state index in [1.54, 1.807) is 13.1 Å². The van der Waals surface area contributed by atoms with Crippen LogP contribution >= 0.6 is 0 Å². The summed E-state index contributed by atoms with van der Waals surface area (Å²) in [5.41, 5.74) is 1.90. The van der Waals surface area contributed by atoms with E-state index in [1.807, 2.05) is 77.0 Å². The maximum atomic E-state index is 11.7. The van der Waals surface area contributed by atoms with Crippen molar-refractivity contribution >= 4 is 16.7 Å². The minimum Gasteiger partial charge on any atom is -0.298 e. The monoisotopic (exact) mass is 288 g/mol. The Morgan fingerprint density at radius 2 is 1.67 bits per heavy atom. The van der Waals surface area contributed by atoms with Gasteiger partial charge < -0.3 is 0 Å². The molecule has 0 aliphatic rings. The second-order valence-corrected chi connectivity index (χ2v) is 4.44. The van der Waals surface area contributed by atoms with Gasteiger partial charge in [0.15, 0.2) is 5.78 Å². The van der Waals surface area contributed by atoms with Gasteiger partial charge in [0.25, 0.3) is 0 Å². The molecule has 0 aliphatic heterocycles. The maximum Gasteiger partial charge on any atom is 0.151 e. The van der Waals surface area contributed by atoms with Gasteiger partial charge in [-0.15, -0.1) is 0 Å². The van der Waals surface area contributed by atoms with Crippen LogP contribution in [0.3, 0.4) is 0 Å². The van der Waals surface area contributed by atoms with Crippen molar-refractivity contribution in [3.8, 4) is 0 Å². The highest BCUT2D eigenvalue weighted by atomic mass is 16.1. The molecular formula is C18H28N2O. The summed E-state index contributed by atoms with van der Waals surface area (Å²) in [5.74, 6) is 0.132. The molecule has 3 nitrogen and oxygen atoms in total. The summed E-state index contributed by atoms with van der Waals surface area (Å²) in [6, 6.07) is 9.74. The number of carbonyl (C=O) groups excluding carboxylic acids is 1. The van der Waals surface area contributed by atoms with E-state index in [4.69, 9.17) is 0 Å². The Hall–Kier alpha value is -1.74. The average molecular weight is 288 g/mol. The summed E-state index contributed by atoms with van der Waals surface area (Å²) in [6.07, 6.45) is 1.79. The normalized spacial score (nSPS) is 11.0. The number of para-hydroxylation sites is 1. The molecule has 21 heavy (non-hydrogen) atoms. The van der Waals surface area contributed by atoms with Crippen molar-refractivity contribution in [3.05, 3.63) is 42.1 Å². The van der Waals surface area contributed by atoms with Crippen LogP contribution < -0.4 is 0 Å². The van der Waals surface area contributed by atoms with E-state index >= 15 is 0 Å². The number of hydrogen-bond donors (Lipinski definition) is 0. The summed E-state index contributed by atoms with van der Waals surface area (Å²) in [5, 5.41) is 1.07. The second kappa shape index (κ2) is 10.1. The van der Waals surface area contributed by atoms with E-state index in [0.29, 0.717) is 0 Å². The number of nitrogens with zero attached hydrogens (tertiary/aromatic N) is 2. The number of ketones is 1. The van der Waals surface area contributed by atoms with Crippen LogP contribution in [-0.2, 0) is 4.79 Å². The third kappa shape index (κ3) is 5.27. The quantitative estimate of drug-likeness (QED) is 0.835. The van der Waals surface area contributed by atoms with E-state index < -0.39 is 0 Å². The second-order valence-electron chi connectivity index (χ2n) is 4.44. The van der Waals surface area contributed by atoms with E-state index in [-0.39, 0.29) is 11.8 Å². The molecule has 0 radical (unpaired) electrons. The first-order chi connectivity index (χ1) is 10.1. The SMILES string of the molecule is CC.CC.CC(=O)C(c1cnc2ccccc2c1)N(C)C. The molecule has 0 saturated carbocycles. The number of hydrogen-bond acceptors (Lipinski definition) is 3. The number of aromatic nitrogens is 1. The van der Waals surface area contributed by atoms with Gasteiger partial charge in [-0.3, -0.25) is 14.7 Å². The van der Waals surface area contributed by atoms with Crippen molar-refractivity contribution in [2.75, 3.05) is 14.1 Å². The lowest BCUT2D eigenvalue weighted by atomic mass is 10.0. The molecule has 0 aliphatic carbocycles. The summed E-state index contributed by atoms with van der Waals surface area (Å²) in [7, 11) is 3.81. The Bertz CT molecular complexity index is 550. The smallest absolute Gasteiger partial charge is 0.151 e. The Morgan fingerprint density at radius 1 is 1.10 bits per heavy atom. The highest BCUT2D eigenvalue weighted by Crippen LogP contribution is 2.22. The Labute approximate surface area is 129 Å². The van der Waals surface area contributed by atoms with Crippen LogP contribution in [0, 0.1) is 0 Å². The van der Waals surface area contributed by atoms with Crippen molar-refractivity contribution < 1.29 is 4.79 Å². The van der Waals surface area contributed by atoms with Gasteiger partial charge in [-0.1, -0.05) is 45.9 Å². The highest BCUT2D eigenvalue weighted by Gasteiger charge is 2.19. The number of carbonyl (C=O) groups is 1. The van der Waals surface area contributed by atoms with E-state index in [9.17, 15) is 4.79 Å². The summed E-state index contributed by atoms with van der Waals surface area (Å²) >= 11 is 0. The molecule has 1 aromatic carbocycles. The minimum atomic E-state index is -0.216. The van der Waals surface area contributed by atoms with Crippen molar-refractivity contribution in [1.29, 1.82) is 0 Å². The predicted molar refractivity (Wildman–Crippen MR) is 91.5 cm³/mol. The molecule has 1 atom stereocenters. The van der Waals surface area contributed by atoms with Crippen molar-refractivity contribution in [3.63, 3.8) is 0 Å². The zero-order valence-corrected chi connectivity index (χ0v) is 14.3. The molecule has 2 aromatic rings. The zero-order chi connectivity index (χ0) is 16.4. The fourth-order valence-corrected chi connectivity index (χ4v) is 2.13. The molecule has 1 aromatic heterocycles. The van der Waals surface area contributed by atoms with Gasteiger partial charge in [0.1, 0.15) is 0 Å². The molecular weight excluding hydrogens is 260 g/mol. The van der Waals surface area contributed by atoms with Crippen LogP contribution in [0.4, 0.5) is 0 Å². The van der Waals surface area contributed by atoms with E-state index in [1.165, 1.54) is 0 Å². The summed E-state index contributed by atoms with van der Waals surface area (Å²) in [6.45, 7) is 9.61. The maximum absolute atomic E-state index is 11.7. The predicted octanol–water partition coefficient (Wildman–Crippen LogP) is 4.48. The molecule has 116 valence electrons. The molecule has 3 heteroatoms. The van der Waals surface area contributed by atoms with Gasteiger partial charge in [-0.2, -0.15) is 0 Å². The lowest BCUT2D eigenvalue weighted by molar-refractivity contribution is -0.121. The lowest BCUT2D eigenvalue weighted by Gasteiger charge is -2.21. The Balaban J connectivity index is 0.000000921. The van der Waals surface area contributed by atoms with Crippen LogP contribution in [0.5, 0.6) is 0 Å². The number of pyridine rings is 1. The number of benzene rings is 1. The first kappa shape index (κ1) is 19.3. The molecule has 1 unspecified atom stereocenters. The first-order valence-electron chi connectivity index (χ1n) is 7.61. The largest absolute Gasteiger partial charge is 0.298 e. The molecule has 0 spiro atoms. The molecule has 1 heterocycles. The van der Waals surface area contributed by atoms with E-state index in [2.05, 4.69) is 4.98 Å². The molecule has 0 saturated heterocycles.